The number of aromatic nitrogens is 3. The average Bonchev–Trinajstić information content (AvgIpc) is 3.18. The number of carbonyl (C=O) groups excluding carboxylic acids is 1. The molecule has 8 heteroatoms. The van der Waals surface area contributed by atoms with Crippen LogP contribution in [0.3, 0.4) is 0 Å². The number of aliphatic carboxylic acids is 1. The molecule has 0 aliphatic heterocycles. The molecule has 8 nitrogen and oxygen atoms in total. The van der Waals surface area contributed by atoms with Gasteiger partial charge in [0, 0.05) is 11.8 Å². The van der Waals surface area contributed by atoms with Crippen LogP contribution in [0.2, 0.25) is 0 Å². The van der Waals surface area contributed by atoms with Gasteiger partial charge in [-0.15, -0.1) is 0 Å². The summed E-state index contributed by atoms with van der Waals surface area (Å²) in [5, 5.41) is 13.7. The fourth-order valence-electron chi connectivity index (χ4n) is 2.46. The second kappa shape index (κ2) is 5.63. The maximum atomic E-state index is 12.2. The van der Waals surface area contributed by atoms with Crippen molar-refractivity contribution in [2.45, 2.75) is 25.7 Å². The molecule has 0 aromatic carbocycles. The van der Waals surface area contributed by atoms with Crippen LogP contribution in [0, 0.1) is 5.92 Å². The largest absolute Gasteiger partial charge is 0.480 e. The Morgan fingerprint density at radius 1 is 1.45 bits per heavy atom. The predicted octanol–water partition coefficient (Wildman–Crippen LogP) is 0.180. The first-order chi connectivity index (χ1) is 10.6. The van der Waals surface area contributed by atoms with E-state index in [4.69, 9.17) is 5.11 Å². The molecule has 1 aliphatic rings. The van der Waals surface area contributed by atoms with Gasteiger partial charge in [-0.2, -0.15) is 0 Å². The lowest BCUT2D eigenvalue weighted by Gasteiger charge is -2.08. The quantitative estimate of drug-likeness (QED) is 0.704. The van der Waals surface area contributed by atoms with Gasteiger partial charge < -0.3 is 10.4 Å². The van der Waals surface area contributed by atoms with Crippen LogP contribution in [-0.4, -0.2) is 38.1 Å². The highest BCUT2D eigenvalue weighted by Gasteiger charge is 2.23. The molecule has 1 fully saturated rings. The molecular weight excluding hydrogens is 288 g/mol. The minimum Gasteiger partial charge on any atom is -0.480 e. The van der Waals surface area contributed by atoms with Gasteiger partial charge in [0.15, 0.2) is 11.1 Å². The number of carbonyl (C=O) groups is 2. The van der Waals surface area contributed by atoms with Crippen LogP contribution in [0.25, 0.3) is 5.65 Å². The summed E-state index contributed by atoms with van der Waals surface area (Å²) in [6.45, 7) is -0.543. The molecule has 2 aromatic heterocycles. The Balaban J connectivity index is 1.93. The van der Waals surface area contributed by atoms with Crippen molar-refractivity contribution in [3.05, 3.63) is 33.9 Å². The Kier molecular flexibility index (Phi) is 3.66. The number of nitrogens with zero attached hydrogens (tertiary/aromatic N) is 2. The number of rotatable bonds is 6. The average molecular weight is 304 g/mol. The summed E-state index contributed by atoms with van der Waals surface area (Å²) in [5.74, 6) is -1.18. The van der Waals surface area contributed by atoms with Gasteiger partial charge in [-0.1, -0.05) is 12.8 Å². The third-order valence-corrected chi connectivity index (χ3v) is 3.77. The second-order valence-corrected chi connectivity index (χ2v) is 5.48. The number of pyridine rings is 1. The van der Waals surface area contributed by atoms with E-state index in [9.17, 15) is 14.4 Å². The van der Waals surface area contributed by atoms with E-state index in [1.54, 1.807) is 4.52 Å². The van der Waals surface area contributed by atoms with Crippen molar-refractivity contribution in [2.24, 2.45) is 5.92 Å². The Morgan fingerprint density at radius 3 is 2.91 bits per heavy atom. The smallest absolute Gasteiger partial charge is 0.322 e. The van der Waals surface area contributed by atoms with Gasteiger partial charge in [-0.25, -0.2) is 9.50 Å². The molecule has 116 valence electrons. The number of carboxylic acid groups (broad SMARTS) is 1. The highest BCUT2D eigenvalue weighted by atomic mass is 16.4. The van der Waals surface area contributed by atoms with E-state index in [2.05, 4.69) is 15.4 Å². The summed E-state index contributed by atoms with van der Waals surface area (Å²) in [6.07, 6.45) is 5.61. The third kappa shape index (κ3) is 2.85. The van der Waals surface area contributed by atoms with Crippen molar-refractivity contribution in [1.29, 1.82) is 0 Å². The molecule has 0 spiro atoms. The van der Waals surface area contributed by atoms with Gasteiger partial charge >= 0.3 is 5.97 Å². The number of hydrogen-bond acceptors (Lipinski definition) is 4. The van der Waals surface area contributed by atoms with Gasteiger partial charge in [-0.3, -0.25) is 19.5 Å². The fraction of sp³-hybridized carbons (Fsp3) is 0.429. The van der Waals surface area contributed by atoms with E-state index in [1.165, 1.54) is 25.2 Å². The standard InChI is InChI=1S/C14H16N4O4/c19-10-5-9(4-3-8-1-2-8)18-13(16-7-17-18)12(10)14(22)15-6-11(20)21/h5,7-8H,1-4,6H2,(H,15,22)(H,16,17)(H,20,21). The summed E-state index contributed by atoms with van der Waals surface area (Å²) in [5.41, 5.74) is 0.416. The van der Waals surface area contributed by atoms with Crippen LogP contribution < -0.4 is 10.7 Å². The van der Waals surface area contributed by atoms with E-state index in [-0.39, 0.29) is 11.2 Å². The Hall–Kier alpha value is -2.64. The Labute approximate surface area is 125 Å². The van der Waals surface area contributed by atoms with Crippen molar-refractivity contribution in [2.75, 3.05) is 6.54 Å². The number of aryl methyl sites for hydroxylation is 1. The van der Waals surface area contributed by atoms with Crippen LogP contribution in [0.5, 0.6) is 0 Å². The number of amides is 1. The molecule has 1 saturated carbocycles. The maximum Gasteiger partial charge on any atom is 0.322 e. The molecule has 3 rings (SSSR count). The highest BCUT2D eigenvalue weighted by Crippen LogP contribution is 2.33. The van der Waals surface area contributed by atoms with Crippen molar-refractivity contribution in [1.82, 2.24) is 19.9 Å². The minimum atomic E-state index is -1.17. The normalized spacial score (nSPS) is 14.2. The summed E-state index contributed by atoms with van der Waals surface area (Å²) < 4.78 is 1.61. The molecule has 3 N–H and O–H groups in total. The molecule has 2 heterocycles. The minimum absolute atomic E-state index is 0.141. The number of nitrogens with one attached hydrogen (secondary N) is 2. The maximum absolute atomic E-state index is 12.2. The molecule has 1 amide bonds. The first-order valence-corrected chi connectivity index (χ1v) is 7.14. The molecule has 0 atom stereocenters. The van der Waals surface area contributed by atoms with Crippen LogP contribution in [0.15, 0.2) is 17.2 Å². The molecule has 1 aliphatic carbocycles. The summed E-state index contributed by atoms with van der Waals surface area (Å²) in [6, 6.07) is 1.42. The summed E-state index contributed by atoms with van der Waals surface area (Å²) in [4.78, 5) is 38.8. The van der Waals surface area contributed by atoms with Crippen molar-refractivity contribution in [3.63, 3.8) is 0 Å². The van der Waals surface area contributed by atoms with E-state index in [0.717, 1.165) is 24.5 Å². The number of carboxylic acids is 1. The van der Waals surface area contributed by atoms with Crippen LogP contribution in [0.4, 0.5) is 0 Å². The molecule has 0 bridgehead atoms. The first-order valence-electron chi connectivity index (χ1n) is 7.14. The molecule has 0 saturated heterocycles. The zero-order chi connectivity index (χ0) is 15.7. The zero-order valence-electron chi connectivity index (χ0n) is 11.8. The third-order valence-electron chi connectivity index (χ3n) is 3.77. The molecule has 0 unspecified atom stereocenters. The summed E-state index contributed by atoms with van der Waals surface area (Å²) in [7, 11) is 0. The molecule has 0 radical (unpaired) electrons. The SMILES string of the molecule is O=C(O)CNC(=O)c1c(=O)cc(CCC2CC2)n2[nH]cnc12. The zero-order valence-corrected chi connectivity index (χ0v) is 11.8. The van der Waals surface area contributed by atoms with Crippen molar-refractivity contribution >= 4 is 17.5 Å². The van der Waals surface area contributed by atoms with Gasteiger partial charge in [0.2, 0.25) is 0 Å². The van der Waals surface area contributed by atoms with Crippen LogP contribution in [0.1, 0.15) is 35.3 Å². The fourth-order valence-corrected chi connectivity index (χ4v) is 2.46. The lowest BCUT2D eigenvalue weighted by Crippen LogP contribution is -2.33. The number of H-pyrrole nitrogens is 1. The summed E-state index contributed by atoms with van der Waals surface area (Å²) >= 11 is 0. The highest BCUT2D eigenvalue weighted by molar-refractivity contribution is 6.00. The monoisotopic (exact) mass is 304 g/mol. The van der Waals surface area contributed by atoms with Gasteiger partial charge in [-0.05, 0) is 18.8 Å². The van der Waals surface area contributed by atoms with Gasteiger partial charge in [0.05, 0.1) is 0 Å². The van der Waals surface area contributed by atoms with Crippen LogP contribution in [-0.2, 0) is 11.2 Å². The molecule has 2 aromatic rings. The lowest BCUT2D eigenvalue weighted by atomic mass is 10.1. The van der Waals surface area contributed by atoms with Crippen LogP contribution >= 0.6 is 0 Å². The Morgan fingerprint density at radius 2 is 2.23 bits per heavy atom. The van der Waals surface area contributed by atoms with E-state index in [0.29, 0.717) is 0 Å². The molecule has 22 heavy (non-hydrogen) atoms. The second-order valence-electron chi connectivity index (χ2n) is 5.48. The van der Waals surface area contributed by atoms with Crippen molar-refractivity contribution in [3.8, 4) is 0 Å². The number of aromatic amines is 1. The Bertz CT molecular complexity index is 788. The topological polar surface area (TPSA) is 117 Å². The van der Waals surface area contributed by atoms with Crippen molar-refractivity contribution < 1.29 is 14.7 Å². The predicted molar refractivity (Wildman–Crippen MR) is 76.8 cm³/mol. The number of fused-ring (bicyclic) bond motifs is 1. The lowest BCUT2D eigenvalue weighted by molar-refractivity contribution is -0.135. The number of hydrogen-bond donors (Lipinski definition) is 3. The first kappa shape index (κ1) is 14.3. The van der Waals surface area contributed by atoms with E-state index >= 15 is 0 Å². The van der Waals surface area contributed by atoms with E-state index in [1.807, 2.05) is 0 Å². The van der Waals surface area contributed by atoms with Gasteiger partial charge in [0.25, 0.3) is 5.91 Å². The van der Waals surface area contributed by atoms with Gasteiger partial charge in [0.1, 0.15) is 18.4 Å². The molecular formula is C14H16N4O4. The van der Waals surface area contributed by atoms with E-state index < -0.39 is 23.9 Å².